The summed E-state index contributed by atoms with van der Waals surface area (Å²) in [6, 6.07) is 8.33. The highest BCUT2D eigenvalue weighted by atomic mass is 32.1. The molecule has 1 aromatic carbocycles. The zero-order valence-electron chi connectivity index (χ0n) is 18.2. The van der Waals surface area contributed by atoms with E-state index in [1.807, 2.05) is 25.3 Å². The van der Waals surface area contributed by atoms with Gasteiger partial charge in [-0.2, -0.15) is 5.10 Å². The van der Waals surface area contributed by atoms with Crippen LogP contribution in [0.15, 0.2) is 64.4 Å². The highest BCUT2D eigenvalue weighted by Crippen LogP contribution is 2.38. The number of carbonyl (C=O) groups excluding carboxylic acids is 2. The average molecular weight is 447 g/mol. The van der Waals surface area contributed by atoms with Crippen molar-refractivity contribution < 1.29 is 9.59 Å². The van der Waals surface area contributed by atoms with E-state index in [1.165, 1.54) is 20.5 Å². The van der Waals surface area contributed by atoms with E-state index < -0.39 is 0 Å². The number of rotatable bonds is 4. The summed E-state index contributed by atoms with van der Waals surface area (Å²) in [6.45, 7) is 4.35. The maximum absolute atomic E-state index is 12.8. The molecule has 3 aliphatic rings. The molecule has 1 amide bonds. The van der Waals surface area contributed by atoms with Crippen LogP contribution in [-0.4, -0.2) is 42.9 Å². The van der Waals surface area contributed by atoms with Crippen LogP contribution in [0.2, 0.25) is 0 Å². The molecule has 7 heteroatoms. The van der Waals surface area contributed by atoms with Gasteiger partial charge < -0.3 is 10.2 Å². The highest BCUT2D eigenvalue weighted by Gasteiger charge is 2.42. The summed E-state index contributed by atoms with van der Waals surface area (Å²) in [6.07, 6.45) is 7.87. The Balaban J connectivity index is 1.31. The first-order valence-electron chi connectivity index (χ1n) is 10.9. The van der Waals surface area contributed by atoms with E-state index in [9.17, 15) is 9.59 Å². The molecular weight excluding hydrogens is 420 g/mol. The fraction of sp³-hybridized carbons (Fsp3) is 0.320. The molecule has 0 radical (unpaired) electrons. The Morgan fingerprint density at radius 1 is 1.31 bits per heavy atom. The molecule has 0 saturated carbocycles. The summed E-state index contributed by atoms with van der Waals surface area (Å²) in [5.74, 6) is 0.279. The van der Waals surface area contributed by atoms with Crippen LogP contribution < -0.4 is 10.7 Å². The topological polar surface area (TPSA) is 73.8 Å². The predicted molar refractivity (Wildman–Crippen MR) is 128 cm³/mol. The number of amides is 1. The molecule has 2 N–H and O–H groups in total. The maximum atomic E-state index is 12.8. The van der Waals surface area contributed by atoms with Gasteiger partial charge in [0, 0.05) is 41.1 Å². The van der Waals surface area contributed by atoms with Crippen molar-refractivity contribution in [2.24, 2.45) is 16.9 Å². The largest absolute Gasteiger partial charge is 0.337 e. The van der Waals surface area contributed by atoms with Gasteiger partial charge in [0.25, 0.3) is 0 Å². The number of hydrogen-bond acceptors (Lipinski definition) is 6. The van der Waals surface area contributed by atoms with Crippen molar-refractivity contribution in [2.75, 3.05) is 20.1 Å². The Morgan fingerprint density at radius 3 is 3.00 bits per heavy atom. The third-order valence-electron chi connectivity index (χ3n) is 6.58. The number of carbonyl (C=O) groups is 2. The van der Waals surface area contributed by atoms with Crippen molar-refractivity contribution in [3.05, 3.63) is 69.8 Å². The van der Waals surface area contributed by atoms with Crippen LogP contribution in [0.4, 0.5) is 0 Å². The second-order valence-electron chi connectivity index (χ2n) is 8.59. The third kappa shape index (κ3) is 3.72. The monoisotopic (exact) mass is 446 g/mol. The SMILES string of the molecule is Cc1c(CN(C)C(=O)/C=C/C2=CC3=C(NN=C2)C(=O)[C@@H]2CCNCC32)sc2ccccc12. The van der Waals surface area contributed by atoms with Gasteiger partial charge in [0.05, 0.1) is 12.8 Å². The molecule has 5 rings (SSSR count). The van der Waals surface area contributed by atoms with Crippen molar-refractivity contribution in [1.29, 1.82) is 0 Å². The molecule has 164 valence electrons. The van der Waals surface area contributed by atoms with Crippen molar-refractivity contribution in [3.63, 3.8) is 0 Å². The highest BCUT2D eigenvalue weighted by molar-refractivity contribution is 7.19. The Kier molecular flexibility index (Phi) is 5.53. The number of piperidine rings is 1. The quantitative estimate of drug-likeness (QED) is 0.707. The molecule has 1 fully saturated rings. The number of Topliss-reactive ketones (excluding diaryl/α,β-unsaturated/α-hetero) is 1. The minimum Gasteiger partial charge on any atom is -0.337 e. The first kappa shape index (κ1) is 20.8. The lowest BCUT2D eigenvalue weighted by atomic mass is 9.85. The normalized spacial score (nSPS) is 22.6. The van der Waals surface area contributed by atoms with Gasteiger partial charge in [0.1, 0.15) is 5.70 Å². The fourth-order valence-electron chi connectivity index (χ4n) is 4.75. The predicted octanol–water partition coefficient (Wildman–Crippen LogP) is 3.30. The molecule has 1 unspecified atom stereocenters. The Bertz CT molecular complexity index is 1220. The number of ketones is 1. The lowest BCUT2D eigenvalue weighted by molar-refractivity contribution is -0.125. The van der Waals surface area contributed by atoms with Crippen LogP contribution in [0, 0.1) is 18.8 Å². The smallest absolute Gasteiger partial charge is 0.246 e. The average Bonchev–Trinajstić information content (AvgIpc) is 3.15. The number of fused-ring (bicyclic) bond motifs is 3. The van der Waals surface area contributed by atoms with E-state index in [-0.39, 0.29) is 23.5 Å². The summed E-state index contributed by atoms with van der Waals surface area (Å²) >= 11 is 1.74. The molecule has 32 heavy (non-hydrogen) atoms. The molecule has 0 spiro atoms. The molecule has 0 bridgehead atoms. The van der Waals surface area contributed by atoms with E-state index in [0.717, 1.165) is 30.7 Å². The first-order chi connectivity index (χ1) is 15.5. The first-order valence-corrected chi connectivity index (χ1v) is 11.7. The summed E-state index contributed by atoms with van der Waals surface area (Å²) in [4.78, 5) is 28.4. The number of nitrogens with one attached hydrogen (secondary N) is 2. The van der Waals surface area contributed by atoms with Gasteiger partial charge in [-0.25, -0.2) is 0 Å². The number of nitrogens with zero attached hydrogens (tertiary/aromatic N) is 2. The molecule has 3 heterocycles. The van der Waals surface area contributed by atoms with Gasteiger partial charge in [-0.15, -0.1) is 11.3 Å². The molecular formula is C25H26N4O2S. The minimum absolute atomic E-state index is 0.0286. The van der Waals surface area contributed by atoms with Gasteiger partial charge in [-0.05, 0) is 60.2 Å². The fourth-order valence-corrected chi connectivity index (χ4v) is 6.02. The van der Waals surface area contributed by atoms with Crippen LogP contribution in [-0.2, 0) is 16.1 Å². The van der Waals surface area contributed by atoms with Gasteiger partial charge in [0.15, 0.2) is 5.78 Å². The number of benzene rings is 1. The summed E-state index contributed by atoms with van der Waals surface area (Å²) in [5.41, 5.74) is 6.57. The second kappa shape index (κ2) is 8.48. The Hall–Kier alpha value is -3.03. The third-order valence-corrected chi connectivity index (χ3v) is 7.84. The van der Waals surface area contributed by atoms with E-state index in [4.69, 9.17) is 0 Å². The Morgan fingerprint density at radius 2 is 2.16 bits per heavy atom. The van der Waals surface area contributed by atoms with Gasteiger partial charge in [-0.1, -0.05) is 18.2 Å². The number of hydrogen-bond donors (Lipinski definition) is 2. The summed E-state index contributed by atoms with van der Waals surface area (Å²) in [5, 5.41) is 8.85. The molecule has 2 atom stereocenters. The van der Waals surface area contributed by atoms with Crippen LogP contribution in [0.1, 0.15) is 16.9 Å². The van der Waals surface area contributed by atoms with E-state index in [0.29, 0.717) is 12.2 Å². The lowest BCUT2D eigenvalue weighted by Crippen LogP contribution is -2.37. The van der Waals surface area contributed by atoms with Gasteiger partial charge in [-0.3, -0.25) is 15.0 Å². The van der Waals surface area contributed by atoms with E-state index in [2.05, 4.69) is 34.9 Å². The summed E-state index contributed by atoms with van der Waals surface area (Å²) < 4.78 is 1.24. The summed E-state index contributed by atoms with van der Waals surface area (Å²) in [7, 11) is 1.82. The molecule has 1 saturated heterocycles. The number of thiophene rings is 1. The minimum atomic E-state index is -0.0673. The zero-order valence-corrected chi connectivity index (χ0v) is 19.0. The number of likely N-dealkylation sites (N-methyl/N-ethyl adjacent to an activating group) is 1. The van der Waals surface area contributed by atoms with Gasteiger partial charge in [0.2, 0.25) is 5.91 Å². The van der Waals surface area contributed by atoms with Crippen LogP contribution in [0.25, 0.3) is 10.1 Å². The number of hydrazone groups is 1. The zero-order chi connectivity index (χ0) is 22.2. The van der Waals surface area contributed by atoms with Crippen molar-refractivity contribution >= 4 is 39.3 Å². The van der Waals surface area contributed by atoms with Gasteiger partial charge >= 0.3 is 0 Å². The second-order valence-corrected chi connectivity index (χ2v) is 9.73. The van der Waals surface area contributed by atoms with E-state index in [1.54, 1.807) is 34.6 Å². The molecule has 2 aliphatic heterocycles. The number of allylic oxidation sites excluding steroid dienone is 4. The van der Waals surface area contributed by atoms with Crippen molar-refractivity contribution in [3.8, 4) is 0 Å². The maximum Gasteiger partial charge on any atom is 0.246 e. The van der Waals surface area contributed by atoms with Crippen molar-refractivity contribution in [1.82, 2.24) is 15.6 Å². The number of aryl methyl sites for hydroxylation is 1. The Labute approximate surface area is 191 Å². The molecule has 1 aromatic heterocycles. The molecule has 1 aliphatic carbocycles. The molecule has 6 nitrogen and oxygen atoms in total. The lowest BCUT2D eigenvalue weighted by Gasteiger charge is -2.26. The van der Waals surface area contributed by atoms with E-state index >= 15 is 0 Å². The van der Waals surface area contributed by atoms with Crippen molar-refractivity contribution in [2.45, 2.75) is 19.9 Å². The molecule has 2 aromatic rings. The standard InChI is InChI=1S/C25H26N4O2S/c1-15-17-5-3-4-6-21(17)32-22(15)14-29(2)23(30)8-7-16-11-19-20-13-26-10-9-18(20)25(31)24(19)28-27-12-16/h3-8,11-12,18,20,26,28H,9-10,13-14H2,1-2H3/b8-7+/t18-,20?/m1/s1. The van der Waals surface area contributed by atoms with Crippen LogP contribution in [0.5, 0.6) is 0 Å². The van der Waals surface area contributed by atoms with Crippen LogP contribution >= 0.6 is 11.3 Å². The van der Waals surface area contributed by atoms with Crippen LogP contribution in [0.3, 0.4) is 0 Å².